The zero-order valence-corrected chi connectivity index (χ0v) is 44.2. The van der Waals surface area contributed by atoms with Crippen LogP contribution in [0.15, 0.2) is 73.3 Å². The molecule has 0 saturated carbocycles. The van der Waals surface area contributed by atoms with Gasteiger partial charge < -0.3 is 35.6 Å². The zero-order chi connectivity index (χ0) is 50.5. The number of anilines is 2. The number of piperidine rings is 2. The van der Waals surface area contributed by atoms with Gasteiger partial charge in [0.05, 0.1) is 36.8 Å². The Morgan fingerprint density at radius 3 is 1.42 bits per heavy atom. The number of aromatic nitrogens is 4. The Hall–Kier alpha value is -5.15. The molecule has 0 radical (unpaired) electrons. The van der Waals surface area contributed by atoms with Crippen LogP contribution in [-0.4, -0.2) is 122 Å². The molecule has 4 atom stereocenters. The minimum absolute atomic E-state index is 0.0249. The maximum absolute atomic E-state index is 13.3. The third-order valence-electron chi connectivity index (χ3n) is 14.0. The molecule has 2 amide bonds. The number of nitrogens with one attached hydrogen (secondary N) is 2. The van der Waals surface area contributed by atoms with Crippen LogP contribution in [0.5, 0.6) is 0 Å². The summed E-state index contributed by atoms with van der Waals surface area (Å²) < 4.78 is 38.6. The highest BCUT2D eigenvalue weighted by atomic mass is 32.2. The monoisotopic (exact) mass is 1040 g/mol. The highest BCUT2D eigenvalue weighted by Crippen LogP contribution is 2.49. The molecule has 10 rings (SSSR count). The summed E-state index contributed by atoms with van der Waals surface area (Å²) in [5.74, 6) is 2.68. The SMILES string of the molecule is CC(C)NC(=O)c1sc2ncnc(N3C4CCC3CC(COCCN)C4)c2c1-c1ccccc1.CC(C)NC(=O)c1sc2ncnc(N3C4CCC3CC(COCCOS(C)(=O)=O)C4)c2c1-c1ccccc1. The van der Waals surface area contributed by atoms with Gasteiger partial charge in [-0.3, -0.25) is 13.8 Å². The van der Waals surface area contributed by atoms with E-state index in [1.54, 1.807) is 12.7 Å². The average Bonchev–Trinajstić information content (AvgIpc) is 4.09. The topological polar surface area (TPSA) is 204 Å². The van der Waals surface area contributed by atoms with Crippen LogP contribution in [0.3, 0.4) is 0 Å². The first-order valence-electron chi connectivity index (χ1n) is 25.3. The first-order valence-corrected chi connectivity index (χ1v) is 28.8. The van der Waals surface area contributed by atoms with Gasteiger partial charge in [0, 0.05) is 67.1 Å². The maximum Gasteiger partial charge on any atom is 0.264 e. The fraction of sp³-hybridized carbons (Fsp3) is 0.509. The van der Waals surface area contributed by atoms with Gasteiger partial charge >= 0.3 is 0 Å². The van der Waals surface area contributed by atoms with Crippen molar-refractivity contribution in [3.63, 3.8) is 0 Å². The van der Waals surface area contributed by atoms with Gasteiger partial charge in [-0.1, -0.05) is 60.7 Å². The minimum atomic E-state index is -3.45. The van der Waals surface area contributed by atoms with Crippen LogP contribution in [0, 0.1) is 11.8 Å². The van der Waals surface area contributed by atoms with Crippen LogP contribution < -0.4 is 26.2 Å². The summed E-state index contributed by atoms with van der Waals surface area (Å²) in [6.07, 6.45) is 12.9. The molecule has 4 fully saturated rings. The van der Waals surface area contributed by atoms with E-state index in [4.69, 9.17) is 29.4 Å². The van der Waals surface area contributed by atoms with Crippen molar-refractivity contribution in [3.05, 3.63) is 83.1 Å². The molecule has 6 aromatic rings. The fourth-order valence-corrected chi connectivity index (χ4v) is 13.8. The molecule has 4 bridgehead atoms. The molecule has 0 aliphatic carbocycles. The quantitative estimate of drug-likeness (QED) is 0.0546. The number of hydrogen-bond donors (Lipinski definition) is 3. The number of hydrogen-bond acceptors (Lipinski definition) is 16. The van der Waals surface area contributed by atoms with Gasteiger partial charge in [0.25, 0.3) is 21.9 Å². The summed E-state index contributed by atoms with van der Waals surface area (Å²) >= 11 is 2.89. The summed E-state index contributed by atoms with van der Waals surface area (Å²) in [6.45, 7) is 10.7. The third kappa shape index (κ3) is 11.6. The van der Waals surface area contributed by atoms with E-state index in [-0.39, 0.29) is 37.1 Å². The number of ether oxygens (including phenoxy) is 2. The molecule has 4 aromatic heterocycles. The van der Waals surface area contributed by atoms with E-state index in [2.05, 4.69) is 42.5 Å². The average molecular weight is 1040 g/mol. The van der Waals surface area contributed by atoms with E-state index in [0.717, 1.165) is 119 Å². The van der Waals surface area contributed by atoms with Gasteiger partial charge in [-0.25, -0.2) is 19.9 Å². The first kappa shape index (κ1) is 51.7. The van der Waals surface area contributed by atoms with Gasteiger partial charge in [0.1, 0.15) is 43.7 Å². The number of nitrogens with zero attached hydrogens (tertiary/aromatic N) is 6. The summed E-state index contributed by atoms with van der Waals surface area (Å²) in [4.78, 5) is 53.4. The number of amides is 2. The van der Waals surface area contributed by atoms with Crippen molar-refractivity contribution in [1.82, 2.24) is 30.6 Å². The maximum atomic E-state index is 13.3. The van der Waals surface area contributed by atoms with Crippen molar-refractivity contribution in [2.24, 2.45) is 17.6 Å². The molecule has 4 N–H and O–H groups in total. The molecule has 19 heteroatoms. The number of benzene rings is 2. The predicted molar refractivity (Wildman–Crippen MR) is 286 cm³/mol. The Morgan fingerprint density at radius 2 is 1.04 bits per heavy atom. The van der Waals surface area contributed by atoms with E-state index in [1.807, 2.05) is 76.2 Å². The van der Waals surface area contributed by atoms with Gasteiger partial charge in [0.2, 0.25) is 0 Å². The van der Waals surface area contributed by atoms with Crippen molar-refractivity contribution in [3.8, 4) is 22.3 Å². The lowest BCUT2D eigenvalue weighted by molar-refractivity contribution is 0.0640. The third-order valence-corrected chi connectivity index (χ3v) is 16.7. The molecular weight excluding hydrogens is 971 g/mol. The van der Waals surface area contributed by atoms with E-state index >= 15 is 0 Å². The highest BCUT2D eigenvalue weighted by molar-refractivity contribution is 7.86. The minimum Gasteiger partial charge on any atom is -0.380 e. The van der Waals surface area contributed by atoms with Crippen LogP contribution in [0.1, 0.15) is 98.4 Å². The standard InChI is InChI=1S/C27H34N4O5S2.C26H33N5O2S/c1-17(2)30-26(32)24-22(19-7-5-4-6-8-19)23-25(28-16-29-27(23)37-24)31-20-9-10-21(31)14-18(13-20)15-35-11-12-36-38(3,33)34;1-16(2)30-25(32)23-21(18-6-4-3-5-7-18)22-24(28-15-29-26(22)34-23)31-19-8-9-20(31)13-17(12-19)14-33-11-10-27/h4-8,16-18,20-21H,9-15H2,1-3H3,(H,30,32);3-7,15-17,19-20H,8-14,27H2,1-2H3,(H,30,32). The number of rotatable bonds is 18. The zero-order valence-electron chi connectivity index (χ0n) is 41.8. The van der Waals surface area contributed by atoms with Crippen LogP contribution in [0.25, 0.3) is 42.7 Å². The van der Waals surface area contributed by atoms with Crippen LogP contribution >= 0.6 is 22.7 Å². The number of thiophene rings is 2. The van der Waals surface area contributed by atoms with Gasteiger partial charge in [0.15, 0.2) is 0 Å². The summed E-state index contributed by atoms with van der Waals surface area (Å²) in [5, 5.41) is 8.08. The fourth-order valence-electron chi connectivity index (χ4n) is 11.3. The largest absolute Gasteiger partial charge is 0.380 e. The van der Waals surface area contributed by atoms with Crippen molar-refractivity contribution in [2.75, 3.05) is 55.6 Å². The lowest BCUT2D eigenvalue weighted by Crippen LogP contribution is -2.44. The molecule has 4 unspecified atom stereocenters. The second kappa shape index (κ2) is 22.9. The Morgan fingerprint density at radius 1 is 0.639 bits per heavy atom. The highest BCUT2D eigenvalue weighted by Gasteiger charge is 2.44. The van der Waals surface area contributed by atoms with Crippen molar-refractivity contribution < 1.29 is 31.7 Å². The molecular formula is C53H67N9O7S3. The Bertz CT molecular complexity index is 2910. The van der Waals surface area contributed by atoms with Crippen LogP contribution in [0.2, 0.25) is 0 Å². The molecule has 8 heterocycles. The molecule has 4 aliphatic rings. The second-order valence-corrected chi connectivity index (χ2v) is 23.7. The van der Waals surface area contributed by atoms with E-state index in [0.29, 0.717) is 65.5 Å². The van der Waals surface area contributed by atoms with Crippen molar-refractivity contribution in [1.29, 1.82) is 0 Å². The molecule has 0 spiro atoms. The van der Waals surface area contributed by atoms with E-state index in [1.165, 1.54) is 22.7 Å². The lowest BCUT2D eigenvalue weighted by atomic mass is 9.91. The van der Waals surface area contributed by atoms with Crippen molar-refractivity contribution in [2.45, 2.75) is 115 Å². The Balaban J connectivity index is 0.000000179. The normalized spacial score (nSPS) is 21.7. The summed E-state index contributed by atoms with van der Waals surface area (Å²) in [6, 6.07) is 21.8. The number of nitrogens with two attached hydrogens (primary N) is 1. The summed E-state index contributed by atoms with van der Waals surface area (Å²) in [5.41, 5.74) is 9.45. The predicted octanol–water partition coefficient (Wildman–Crippen LogP) is 8.46. The number of carbonyl (C=O) groups excluding carboxylic acids is 2. The van der Waals surface area contributed by atoms with E-state index in [9.17, 15) is 18.0 Å². The second-order valence-electron chi connectivity index (χ2n) is 20.1. The lowest BCUT2D eigenvalue weighted by Gasteiger charge is -2.40. The van der Waals surface area contributed by atoms with E-state index < -0.39 is 10.1 Å². The molecule has 2 aromatic carbocycles. The summed E-state index contributed by atoms with van der Waals surface area (Å²) in [7, 11) is -3.45. The van der Waals surface area contributed by atoms with Crippen molar-refractivity contribution >= 4 is 76.7 Å². The van der Waals surface area contributed by atoms with Gasteiger partial charge in [-0.05, 0) is 102 Å². The number of carbonyl (C=O) groups is 2. The van der Waals surface area contributed by atoms with Gasteiger partial charge in [-0.2, -0.15) is 8.42 Å². The van der Waals surface area contributed by atoms with Gasteiger partial charge in [-0.15, -0.1) is 22.7 Å². The Labute approximate surface area is 430 Å². The molecule has 384 valence electrons. The molecule has 72 heavy (non-hydrogen) atoms. The molecule has 16 nitrogen and oxygen atoms in total. The van der Waals surface area contributed by atoms with Crippen LogP contribution in [0.4, 0.5) is 11.6 Å². The van der Waals surface area contributed by atoms with Crippen LogP contribution in [-0.2, 0) is 23.8 Å². The smallest absolute Gasteiger partial charge is 0.264 e. The molecule has 4 saturated heterocycles. The Kier molecular flexibility index (Phi) is 16.5. The molecule has 4 aliphatic heterocycles. The first-order chi connectivity index (χ1) is 34.8. The number of fused-ring (bicyclic) bond motifs is 6.